The molecule has 0 heterocycles. The molecule has 4 heteroatoms. The molecule has 0 aliphatic heterocycles. The van der Waals surface area contributed by atoms with E-state index in [2.05, 4.69) is 0 Å². The normalized spacial score (nSPS) is 13.5. The molecular formula is C10H21NO3. The van der Waals surface area contributed by atoms with Gasteiger partial charge in [0.05, 0.1) is 0 Å². The lowest BCUT2D eigenvalue weighted by molar-refractivity contribution is -0.142. The highest BCUT2D eigenvalue weighted by Gasteiger charge is 2.26. The van der Waals surface area contributed by atoms with Gasteiger partial charge >= 0.3 is 5.97 Å². The number of Topliss-reactive ketones (excluding diaryl/α,β-unsaturated/α-hetero) is 1. The molecule has 0 saturated heterocycles. The van der Waals surface area contributed by atoms with Gasteiger partial charge in [0.2, 0.25) is 0 Å². The van der Waals surface area contributed by atoms with Crippen LogP contribution >= 0.6 is 0 Å². The minimum absolute atomic E-state index is 0.147. The number of nitrogens with two attached hydrogens (primary N) is 1. The summed E-state index contributed by atoms with van der Waals surface area (Å²) in [6, 6.07) is -1.05. The molecule has 0 saturated carbocycles. The van der Waals surface area contributed by atoms with Gasteiger partial charge in [0.15, 0.2) is 0 Å². The van der Waals surface area contributed by atoms with Crippen molar-refractivity contribution in [3.63, 3.8) is 0 Å². The molecule has 0 aromatic rings. The summed E-state index contributed by atoms with van der Waals surface area (Å²) in [5.74, 6) is -1.79. The van der Waals surface area contributed by atoms with Crippen molar-refractivity contribution < 1.29 is 14.7 Å². The number of hydrogen-bond donors (Lipinski definition) is 2. The molecule has 0 bridgehead atoms. The van der Waals surface area contributed by atoms with Gasteiger partial charge in [-0.15, -0.1) is 0 Å². The minimum Gasteiger partial charge on any atom is -0.480 e. The van der Waals surface area contributed by atoms with E-state index in [1.165, 1.54) is 6.92 Å². The highest BCUT2D eigenvalue weighted by Crippen LogP contribution is 2.11. The van der Waals surface area contributed by atoms with Crippen LogP contribution in [-0.2, 0) is 9.59 Å². The molecule has 14 heavy (non-hydrogen) atoms. The van der Waals surface area contributed by atoms with E-state index in [0.717, 1.165) is 6.42 Å². The molecule has 0 spiro atoms. The van der Waals surface area contributed by atoms with E-state index in [1.54, 1.807) is 0 Å². The third-order valence-corrected chi connectivity index (χ3v) is 1.84. The van der Waals surface area contributed by atoms with Crippen molar-refractivity contribution in [2.45, 2.75) is 46.6 Å². The fourth-order valence-corrected chi connectivity index (χ4v) is 1.12. The standard InChI is InChI=1S/C8H15NO3.C2H6/c1-3-4-6(5(2)10)7(9)8(11)12;1-2/h6-7H,3-4,9H2,1-2H3,(H,11,12);1-2H3. The average Bonchev–Trinajstić information content (AvgIpc) is 2.15. The Morgan fingerprint density at radius 2 is 1.79 bits per heavy atom. The Hall–Kier alpha value is -0.900. The second-order valence-corrected chi connectivity index (χ2v) is 2.87. The van der Waals surface area contributed by atoms with E-state index in [-0.39, 0.29) is 5.78 Å². The maximum atomic E-state index is 10.9. The summed E-state index contributed by atoms with van der Waals surface area (Å²) in [6.45, 7) is 7.27. The van der Waals surface area contributed by atoms with Gasteiger partial charge in [-0.05, 0) is 13.3 Å². The lowest BCUT2D eigenvalue weighted by Crippen LogP contribution is -2.41. The first kappa shape index (κ1) is 15.6. The number of carbonyl (C=O) groups excluding carboxylic acids is 1. The van der Waals surface area contributed by atoms with Crippen LogP contribution in [0.25, 0.3) is 0 Å². The average molecular weight is 203 g/mol. The molecule has 84 valence electrons. The van der Waals surface area contributed by atoms with E-state index in [1.807, 2.05) is 20.8 Å². The van der Waals surface area contributed by atoms with Crippen LogP contribution in [-0.4, -0.2) is 22.9 Å². The largest absolute Gasteiger partial charge is 0.480 e. The van der Waals surface area contributed by atoms with E-state index < -0.39 is 17.9 Å². The maximum absolute atomic E-state index is 10.9. The summed E-state index contributed by atoms with van der Waals surface area (Å²) in [5.41, 5.74) is 5.33. The van der Waals surface area contributed by atoms with Crippen LogP contribution in [0.2, 0.25) is 0 Å². The van der Waals surface area contributed by atoms with Crippen LogP contribution in [0.15, 0.2) is 0 Å². The highest BCUT2D eigenvalue weighted by molar-refractivity contribution is 5.86. The first-order valence-corrected chi connectivity index (χ1v) is 4.99. The van der Waals surface area contributed by atoms with Gasteiger partial charge in [0.1, 0.15) is 11.8 Å². The second-order valence-electron chi connectivity index (χ2n) is 2.87. The van der Waals surface area contributed by atoms with Crippen molar-refractivity contribution in [3.05, 3.63) is 0 Å². The fourth-order valence-electron chi connectivity index (χ4n) is 1.12. The zero-order valence-corrected chi connectivity index (χ0v) is 9.41. The predicted octanol–water partition coefficient (Wildman–Crippen LogP) is 1.43. The van der Waals surface area contributed by atoms with Gasteiger partial charge in [-0.1, -0.05) is 27.2 Å². The smallest absolute Gasteiger partial charge is 0.321 e. The molecule has 2 atom stereocenters. The highest BCUT2D eigenvalue weighted by atomic mass is 16.4. The van der Waals surface area contributed by atoms with Gasteiger partial charge in [-0.3, -0.25) is 9.59 Å². The molecule has 0 aromatic heterocycles. The molecule has 2 unspecified atom stereocenters. The van der Waals surface area contributed by atoms with Gasteiger partial charge in [0, 0.05) is 5.92 Å². The van der Waals surface area contributed by atoms with Gasteiger partial charge in [-0.2, -0.15) is 0 Å². The van der Waals surface area contributed by atoms with E-state index >= 15 is 0 Å². The molecule has 0 rings (SSSR count). The van der Waals surface area contributed by atoms with Crippen molar-refractivity contribution in [1.82, 2.24) is 0 Å². The third-order valence-electron chi connectivity index (χ3n) is 1.84. The number of carboxylic acid groups (broad SMARTS) is 1. The van der Waals surface area contributed by atoms with E-state index in [9.17, 15) is 9.59 Å². The second kappa shape index (κ2) is 8.69. The first-order valence-electron chi connectivity index (χ1n) is 4.99. The number of hydrogen-bond acceptors (Lipinski definition) is 3. The number of aliphatic carboxylic acids is 1. The number of ketones is 1. The predicted molar refractivity (Wildman–Crippen MR) is 56.0 cm³/mol. The van der Waals surface area contributed by atoms with Crippen molar-refractivity contribution in [2.75, 3.05) is 0 Å². The SMILES string of the molecule is CC.CCCC(C(C)=O)C(N)C(=O)O. The van der Waals surface area contributed by atoms with Crippen molar-refractivity contribution in [2.24, 2.45) is 11.7 Å². The molecule has 3 N–H and O–H groups in total. The van der Waals surface area contributed by atoms with Gasteiger partial charge in [0.25, 0.3) is 0 Å². The van der Waals surface area contributed by atoms with Crippen LogP contribution in [0.5, 0.6) is 0 Å². The molecule has 0 fully saturated rings. The first-order chi connectivity index (χ1) is 6.50. The molecule has 0 aliphatic carbocycles. The molecule has 0 amide bonds. The van der Waals surface area contributed by atoms with Crippen molar-refractivity contribution in [3.8, 4) is 0 Å². The summed E-state index contributed by atoms with van der Waals surface area (Å²) >= 11 is 0. The molecule has 0 radical (unpaired) electrons. The zero-order valence-electron chi connectivity index (χ0n) is 9.41. The van der Waals surface area contributed by atoms with Gasteiger partial charge in [-0.25, -0.2) is 0 Å². The summed E-state index contributed by atoms with van der Waals surface area (Å²) in [6.07, 6.45) is 1.31. The Kier molecular flexibility index (Phi) is 9.66. The maximum Gasteiger partial charge on any atom is 0.321 e. The van der Waals surface area contributed by atoms with Crippen LogP contribution in [0.3, 0.4) is 0 Å². The lowest BCUT2D eigenvalue weighted by atomic mass is 9.92. The van der Waals surface area contributed by atoms with Crippen LogP contribution in [0, 0.1) is 5.92 Å². The van der Waals surface area contributed by atoms with Crippen LogP contribution in [0.1, 0.15) is 40.5 Å². The summed E-state index contributed by atoms with van der Waals surface area (Å²) < 4.78 is 0. The Morgan fingerprint density at radius 3 is 2.00 bits per heavy atom. The van der Waals surface area contributed by atoms with E-state index in [4.69, 9.17) is 10.8 Å². The number of rotatable bonds is 5. The molecule has 4 nitrogen and oxygen atoms in total. The molecular weight excluding hydrogens is 182 g/mol. The van der Waals surface area contributed by atoms with Crippen molar-refractivity contribution in [1.29, 1.82) is 0 Å². The number of carboxylic acids is 1. The number of carbonyl (C=O) groups is 2. The van der Waals surface area contributed by atoms with Crippen LogP contribution in [0.4, 0.5) is 0 Å². The van der Waals surface area contributed by atoms with Crippen molar-refractivity contribution >= 4 is 11.8 Å². The zero-order chi connectivity index (χ0) is 11.7. The Labute approximate surface area is 85.5 Å². The Bertz CT molecular complexity index is 180. The molecule has 0 aromatic carbocycles. The topological polar surface area (TPSA) is 80.4 Å². The van der Waals surface area contributed by atoms with Crippen LogP contribution < -0.4 is 5.73 Å². The van der Waals surface area contributed by atoms with Gasteiger partial charge < -0.3 is 10.8 Å². The Morgan fingerprint density at radius 1 is 1.36 bits per heavy atom. The fraction of sp³-hybridized carbons (Fsp3) is 0.800. The monoisotopic (exact) mass is 203 g/mol. The van der Waals surface area contributed by atoms with E-state index in [0.29, 0.717) is 6.42 Å². The Balaban J connectivity index is 0. The minimum atomic E-state index is -1.11. The third kappa shape index (κ3) is 5.70. The summed E-state index contributed by atoms with van der Waals surface area (Å²) in [5, 5.41) is 8.55. The lowest BCUT2D eigenvalue weighted by Gasteiger charge is -2.16. The quantitative estimate of drug-likeness (QED) is 0.708. The summed E-state index contributed by atoms with van der Waals surface area (Å²) in [4.78, 5) is 21.4. The molecule has 0 aliphatic rings. The summed E-state index contributed by atoms with van der Waals surface area (Å²) in [7, 11) is 0.